The van der Waals surface area contributed by atoms with Crippen molar-refractivity contribution in [3.8, 4) is 0 Å². The highest BCUT2D eigenvalue weighted by Gasteiger charge is 2.68. The van der Waals surface area contributed by atoms with Crippen molar-refractivity contribution in [1.82, 2.24) is 9.78 Å². The van der Waals surface area contributed by atoms with Crippen molar-refractivity contribution in [2.75, 3.05) is 0 Å². The van der Waals surface area contributed by atoms with Gasteiger partial charge in [0.15, 0.2) is 5.60 Å². The van der Waals surface area contributed by atoms with Crippen LogP contribution in [0.15, 0.2) is 11.8 Å². The first-order valence-corrected chi connectivity index (χ1v) is 11.0. The molecule has 4 aliphatic rings. The van der Waals surface area contributed by atoms with Crippen LogP contribution < -0.4 is 0 Å². The molecular weight excluding hydrogens is 384 g/mol. The van der Waals surface area contributed by atoms with E-state index in [1.54, 1.807) is 6.20 Å². The molecule has 5 rings (SSSR count). The van der Waals surface area contributed by atoms with Crippen molar-refractivity contribution in [2.24, 2.45) is 28.6 Å². The van der Waals surface area contributed by atoms with Crippen LogP contribution in [-0.4, -0.2) is 48.7 Å². The van der Waals surface area contributed by atoms with Crippen LogP contribution in [0, 0.1) is 28.6 Å². The first-order valence-electron chi connectivity index (χ1n) is 11.0. The second kappa shape index (κ2) is 6.04. The zero-order valence-corrected chi connectivity index (χ0v) is 17.8. The number of carboxylic acids is 1. The van der Waals surface area contributed by atoms with Gasteiger partial charge in [0, 0.05) is 12.3 Å². The number of aliphatic carboxylic acids is 1. The Kier molecular flexibility index (Phi) is 4.01. The van der Waals surface area contributed by atoms with Crippen molar-refractivity contribution in [3.63, 3.8) is 0 Å². The second-order valence-electron chi connectivity index (χ2n) is 10.5. The van der Waals surface area contributed by atoms with Gasteiger partial charge in [-0.3, -0.25) is 4.79 Å². The third-order valence-corrected chi connectivity index (χ3v) is 9.23. The van der Waals surface area contributed by atoms with Crippen molar-refractivity contribution in [1.29, 1.82) is 0 Å². The minimum absolute atomic E-state index is 0.000507. The summed E-state index contributed by atoms with van der Waals surface area (Å²) in [6.07, 6.45) is 6.82. The monoisotopic (exact) mass is 414 g/mol. The van der Waals surface area contributed by atoms with E-state index in [1.807, 2.05) is 6.92 Å². The van der Waals surface area contributed by atoms with E-state index in [1.165, 1.54) is 17.2 Å². The average Bonchev–Trinajstić information content (AvgIpc) is 3.18. The predicted molar refractivity (Wildman–Crippen MR) is 109 cm³/mol. The lowest BCUT2D eigenvalue weighted by molar-refractivity contribution is -0.193. The van der Waals surface area contributed by atoms with Crippen LogP contribution in [-0.2, 0) is 11.2 Å². The Morgan fingerprint density at radius 3 is 2.67 bits per heavy atom. The van der Waals surface area contributed by atoms with Gasteiger partial charge in [-0.1, -0.05) is 19.4 Å². The molecule has 0 saturated heterocycles. The summed E-state index contributed by atoms with van der Waals surface area (Å²) in [6, 6.07) is 0. The van der Waals surface area contributed by atoms with Crippen LogP contribution in [0.1, 0.15) is 68.9 Å². The van der Waals surface area contributed by atoms with Gasteiger partial charge in [-0.05, 0) is 73.3 Å². The molecule has 7 heteroatoms. The van der Waals surface area contributed by atoms with Crippen molar-refractivity contribution < 1.29 is 24.9 Å². The smallest absolute Gasteiger partial charge is 0.336 e. The lowest BCUT2D eigenvalue weighted by Gasteiger charge is -2.60. The molecule has 7 nitrogen and oxygen atoms in total. The number of carbonyl (C=O) groups is 2. The molecule has 30 heavy (non-hydrogen) atoms. The molecule has 4 aliphatic carbocycles. The van der Waals surface area contributed by atoms with Crippen molar-refractivity contribution >= 4 is 18.0 Å². The second-order valence-corrected chi connectivity index (χ2v) is 10.5. The standard InChI is InChI=1S/C23H30N2O5/c1-12(26)25-17-8-14-4-5-15-16-6-7-23(30,20(28)29)22(16,3)10-18(27)19(15)21(14,2)9-13(17)11-24-25/h8,11,15-16,18-19,27,30H,4-7,9-10H2,1-3H3,(H,28,29)/t15-,16-,18-,19+,21-,22-,23-/m0/s1. The summed E-state index contributed by atoms with van der Waals surface area (Å²) in [4.78, 5) is 23.9. The Morgan fingerprint density at radius 2 is 2.00 bits per heavy atom. The number of nitrogens with zero attached hydrogens (tertiary/aromatic N) is 2. The van der Waals surface area contributed by atoms with Crippen LogP contribution in [0.5, 0.6) is 0 Å². The molecule has 3 N–H and O–H groups in total. The third kappa shape index (κ3) is 2.25. The minimum Gasteiger partial charge on any atom is -0.479 e. The first-order chi connectivity index (χ1) is 14.0. The summed E-state index contributed by atoms with van der Waals surface area (Å²) in [7, 11) is 0. The molecular formula is C23H30N2O5. The minimum atomic E-state index is -1.77. The maximum Gasteiger partial charge on any atom is 0.336 e. The van der Waals surface area contributed by atoms with E-state index in [0.717, 1.165) is 24.1 Å². The molecule has 1 aromatic heterocycles. The number of carboxylic acid groups (broad SMARTS) is 1. The zero-order chi connectivity index (χ0) is 21.6. The SMILES string of the molecule is CC(=O)n1ncc2c1C=C1CC[C@@H]3[C@H]([C@@H](O)C[C@@]4(C)[C@H]3CC[C@]4(O)C(=O)O)[C@@]1(C)C2. The molecule has 3 saturated carbocycles. The van der Waals surface area contributed by atoms with E-state index in [4.69, 9.17) is 0 Å². The topological polar surface area (TPSA) is 113 Å². The van der Waals surface area contributed by atoms with Crippen molar-refractivity contribution in [3.05, 3.63) is 23.0 Å². The number of aromatic nitrogens is 2. The molecule has 1 aromatic rings. The number of hydrogen-bond acceptors (Lipinski definition) is 5. The Morgan fingerprint density at radius 1 is 1.27 bits per heavy atom. The molecule has 162 valence electrons. The fourth-order valence-electron chi connectivity index (χ4n) is 7.79. The Balaban J connectivity index is 1.56. The van der Waals surface area contributed by atoms with Gasteiger partial charge >= 0.3 is 5.97 Å². The lowest BCUT2D eigenvalue weighted by Crippen LogP contribution is -2.61. The zero-order valence-electron chi connectivity index (χ0n) is 17.8. The molecule has 7 atom stereocenters. The number of rotatable bonds is 1. The van der Waals surface area contributed by atoms with Gasteiger partial charge in [0.1, 0.15) is 0 Å². The van der Waals surface area contributed by atoms with E-state index in [0.29, 0.717) is 19.3 Å². The maximum absolute atomic E-state index is 12.0. The largest absolute Gasteiger partial charge is 0.479 e. The lowest BCUT2D eigenvalue weighted by atomic mass is 9.45. The number of hydrogen-bond donors (Lipinski definition) is 3. The fourth-order valence-corrected chi connectivity index (χ4v) is 7.79. The number of allylic oxidation sites excluding steroid dienone is 1. The Labute approximate surface area is 175 Å². The summed E-state index contributed by atoms with van der Waals surface area (Å²) in [5.74, 6) is -1.04. The van der Waals surface area contributed by atoms with Crippen LogP contribution in [0.4, 0.5) is 0 Å². The van der Waals surface area contributed by atoms with Gasteiger partial charge in [-0.25, -0.2) is 9.48 Å². The summed E-state index contributed by atoms with van der Waals surface area (Å²) in [5, 5.41) is 36.5. The Hall–Kier alpha value is -1.99. The van der Waals surface area contributed by atoms with Gasteiger partial charge in [0.25, 0.3) is 0 Å². The van der Waals surface area contributed by atoms with Gasteiger partial charge in [0.05, 0.1) is 18.0 Å². The Bertz CT molecular complexity index is 982. The normalized spacial score (nSPS) is 44.4. The van der Waals surface area contributed by atoms with Gasteiger partial charge in [-0.2, -0.15) is 5.10 Å². The number of aliphatic hydroxyl groups is 2. The quantitative estimate of drug-likeness (QED) is 0.651. The molecule has 0 spiro atoms. The van der Waals surface area contributed by atoms with Gasteiger partial charge in [0.2, 0.25) is 5.91 Å². The molecule has 0 aromatic carbocycles. The van der Waals surface area contributed by atoms with Crippen LogP contribution in [0.2, 0.25) is 0 Å². The van der Waals surface area contributed by atoms with Crippen LogP contribution in [0.25, 0.3) is 6.08 Å². The van der Waals surface area contributed by atoms with E-state index in [2.05, 4.69) is 18.1 Å². The molecule has 3 fully saturated rings. The summed E-state index contributed by atoms with van der Waals surface area (Å²) in [6.45, 7) is 5.57. The fraction of sp³-hybridized carbons (Fsp3) is 0.696. The molecule has 0 unspecified atom stereocenters. The van der Waals surface area contributed by atoms with Crippen LogP contribution >= 0.6 is 0 Å². The van der Waals surface area contributed by atoms with E-state index in [-0.39, 0.29) is 35.5 Å². The third-order valence-electron chi connectivity index (χ3n) is 9.23. The highest BCUT2D eigenvalue weighted by molar-refractivity contribution is 5.80. The molecule has 0 amide bonds. The molecule has 1 heterocycles. The highest BCUT2D eigenvalue weighted by atomic mass is 16.4. The average molecular weight is 415 g/mol. The molecule has 0 bridgehead atoms. The summed E-state index contributed by atoms with van der Waals surface area (Å²) >= 11 is 0. The van der Waals surface area contributed by atoms with E-state index >= 15 is 0 Å². The highest BCUT2D eigenvalue weighted by Crippen LogP contribution is 2.67. The van der Waals surface area contributed by atoms with Crippen LogP contribution in [0.3, 0.4) is 0 Å². The van der Waals surface area contributed by atoms with Crippen molar-refractivity contribution in [2.45, 2.75) is 71.0 Å². The maximum atomic E-state index is 12.0. The summed E-state index contributed by atoms with van der Waals surface area (Å²) < 4.78 is 1.45. The van der Waals surface area contributed by atoms with Gasteiger partial charge in [-0.15, -0.1) is 0 Å². The molecule has 0 radical (unpaired) electrons. The van der Waals surface area contributed by atoms with E-state index in [9.17, 15) is 24.9 Å². The molecule has 0 aliphatic heterocycles. The predicted octanol–water partition coefficient (Wildman–Crippen LogP) is 2.51. The summed E-state index contributed by atoms with van der Waals surface area (Å²) in [5.41, 5.74) is 0.258. The number of aliphatic hydroxyl groups excluding tert-OH is 1. The van der Waals surface area contributed by atoms with Gasteiger partial charge < -0.3 is 15.3 Å². The number of fused-ring (bicyclic) bond motifs is 6. The first kappa shape index (κ1) is 19.9. The number of carbonyl (C=O) groups excluding carboxylic acids is 1. The van der Waals surface area contributed by atoms with E-state index < -0.39 is 23.1 Å².